The van der Waals surface area contributed by atoms with Crippen LogP contribution in [0.5, 0.6) is 0 Å². The summed E-state index contributed by atoms with van der Waals surface area (Å²) in [5.74, 6) is 0. The smallest absolute Gasteiger partial charge is 0.315 e. The van der Waals surface area contributed by atoms with Gasteiger partial charge in [-0.1, -0.05) is 30.3 Å². The Morgan fingerprint density at radius 3 is 2.95 bits per heavy atom. The highest BCUT2D eigenvalue weighted by Gasteiger charge is 2.31. The largest absolute Gasteiger partial charge is 0.390 e. The molecular weight excluding hydrogens is 284 g/mol. The Morgan fingerprint density at radius 2 is 2.14 bits per heavy atom. The Morgan fingerprint density at radius 1 is 1.29 bits per heavy atom. The number of aliphatic hydroxyl groups is 1. The van der Waals surface area contributed by atoms with E-state index in [1.807, 2.05) is 35.7 Å². The van der Waals surface area contributed by atoms with Crippen molar-refractivity contribution < 1.29 is 9.90 Å². The minimum absolute atomic E-state index is 0.229. The molecule has 110 valence electrons. The number of nitrogens with one attached hydrogen (secondary N) is 2. The number of thiophene rings is 1. The molecule has 3 N–H and O–H groups in total. The molecule has 0 bridgehead atoms. The Balaban J connectivity index is 1.53. The quantitative estimate of drug-likeness (QED) is 0.811. The van der Waals surface area contributed by atoms with Crippen molar-refractivity contribution in [2.75, 3.05) is 6.54 Å². The van der Waals surface area contributed by atoms with Gasteiger partial charge in [-0.05, 0) is 29.0 Å². The molecule has 1 aromatic carbocycles. The molecule has 2 atom stereocenters. The molecule has 21 heavy (non-hydrogen) atoms. The number of benzene rings is 1. The first-order valence-electron chi connectivity index (χ1n) is 7.06. The molecule has 3 rings (SSSR count). The van der Waals surface area contributed by atoms with Crippen LogP contribution in [0.4, 0.5) is 4.79 Å². The van der Waals surface area contributed by atoms with Crippen LogP contribution in [0.3, 0.4) is 0 Å². The molecule has 0 saturated heterocycles. The zero-order valence-electron chi connectivity index (χ0n) is 11.6. The zero-order chi connectivity index (χ0) is 14.7. The van der Waals surface area contributed by atoms with Crippen LogP contribution in [0, 0.1) is 0 Å². The van der Waals surface area contributed by atoms with Crippen molar-refractivity contribution in [3.8, 4) is 0 Å². The molecule has 2 aromatic rings. The molecule has 1 aliphatic carbocycles. The van der Waals surface area contributed by atoms with Crippen LogP contribution in [0.25, 0.3) is 0 Å². The second-order valence-corrected chi connectivity index (χ2v) is 6.21. The number of fused-ring (bicyclic) bond motifs is 1. The van der Waals surface area contributed by atoms with Gasteiger partial charge >= 0.3 is 6.03 Å². The molecule has 0 spiro atoms. The van der Waals surface area contributed by atoms with Gasteiger partial charge < -0.3 is 15.7 Å². The van der Waals surface area contributed by atoms with Gasteiger partial charge in [0.2, 0.25) is 0 Å². The van der Waals surface area contributed by atoms with Gasteiger partial charge in [-0.2, -0.15) is 0 Å². The number of urea groups is 1. The van der Waals surface area contributed by atoms with E-state index in [-0.39, 0.29) is 12.1 Å². The number of carbonyl (C=O) groups is 1. The van der Waals surface area contributed by atoms with Gasteiger partial charge in [-0.25, -0.2) is 4.79 Å². The summed E-state index contributed by atoms with van der Waals surface area (Å²) >= 11 is 1.69. The normalized spacial score (nSPS) is 20.0. The molecule has 4 nitrogen and oxygen atoms in total. The fraction of sp³-hybridized carbons (Fsp3) is 0.312. The van der Waals surface area contributed by atoms with Crippen LogP contribution < -0.4 is 10.6 Å². The Hall–Kier alpha value is -1.85. The molecule has 1 heterocycles. The summed E-state index contributed by atoms with van der Waals surface area (Å²) in [6.07, 6.45) is 0.871. The zero-order valence-corrected chi connectivity index (χ0v) is 12.4. The highest BCUT2D eigenvalue weighted by molar-refractivity contribution is 7.09. The molecule has 0 saturated carbocycles. The van der Waals surface area contributed by atoms with Gasteiger partial charge in [-0.3, -0.25) is 0 Å². The molecule has 0 fully saturated rings. The van der Waals surface area contributed by atoms with Crippen molar-refractivity contribution >= 4 is 17.4 Å². The first-order chi connectivity index (χ1) is 10.2. The van der Waals surface area contributed by atoms with Crippen molar-refractivity contribution in [3.63, 3.8) is 0 Å². The highest BCUT2D eigenvalue weighted by Crippen LogP contribution is 2.30. The van der Waals surface area contributed by atoms with Crippen molar-refractivity contribution in [3.05, 3.63) is 57.8 Å². The monoisotopic (exact) mass is 302 g/mol. The fourth-order valence-corrected chi connectivity index (χ4v) is 3.40. The maximum absolute atomic E-state index is 12.0. The lowest BCUT2D eigenvalue weighted by molar-refractivity contribution is 0.142. The van der Waals surface area contributed by atoms with Crippen LogP contribution in [0.1, 0.15) is 22.0 Å². The molecule has 0 aliphatic heterocycles. The summed E-state index contributed by atoms with van der Waals surface area (Å²) in [6.45, 7) is 0.594. The second-order valence-electron chi connectivity index (χ2n) is 5.18. The van der Waals surface area contributed by atoms with Crippen LogP contribution in [-0.2, 0) is 12.8 Å². The SMILES string of the molecule is O=C(NCCc1cccs1)N[C@@H]1c2ccccc2C[C@@H]1O. The van der Waals surface area contributed by atoms with Gasteiger partial charge in [0.05, 0.1) is 12.1 Å². The first kappa shape index (κ1) is 14.1. The third-order valence-corrected chi connectivity index (χ3v) is 4.66. The topological polar surface area (TPSA) is 61.4 Å². The van der Waals surface area contributed by atoms with Gasteiger partial charge in [0.1, 0.15) is 0 Å². The van der Waals surface area contributed by atoms with Gasteiger partial charge in [-0.15, -0.1) is 11.3 Å². The van der Waals surface area contributed by atoms with Crippen LogP contribution in [-0.4, -0.2) is 23.8 Å². The van der Waals surface area contributed by atoms with E-state index in [4.69, 9.17) is 0 Å². The molecule has 0 radical (unpaired) electrons. The molecule has 0 unspecified atom stereocenters. The van der Waals surface area contributed by atoms with Crippen molar-refractivity contribution in [1.29, 1.82) is 0 Å². The van der Waals surface area contributed by atoms with E-state index in [0.29, 0.717) is 13.0 Å². The summed E-state index contributed by atoms with van der Waals surface area (Å²) < 4.78 is 0. The minimum Gasteiger partial charge on any atom is -0.390 e. The number of amides is 2. The number of aliphatic hydroxyl groups excluding tert-OH is 1. The third-order valence-electron chi connectivity index (χ3n) is 3.73. The van der Waals surface area contributed by atoms with E-state index in [0.717, 1.165) is 17.5 Å². The Bertz CT molecular complexity index is 612. The van der Waals surface area contributed by atoms with Crippen LogP contribution in [0.2, 0.25) is 0 Å². The maximum atomic E-state index is 12.0. The predicted octanol–water partition coefficient (Wildman–Crippen LogP) is 2.25. The van der Waals surface area contributed by atoms with E-state index < -0.39 is 6.10 Å². The van der Waals surface area contributed by atoms with E-state index >= 15 is 0 Å². The number of hydrogen-bond donors (Lipinski definition) is 3. The summed E-state index contributed by atoms with van der Waals surface area (Å²) in [7, 11) is 0. The predicted molar refractivity (Wildman–Crippen MR) is 83.5 cm³/mol. The minimum atomic E-state index is -0.551. The molecule has 1 aliphatic rings. The van der Waals surface area contributed by atoms with Gasteiger partial charge in [0.25, 0.3) is 0 Å². The van der Waals surface area contributed by atoms with E-state index in [2.05, 4.69) is 16.7 Å². The Kier molecular flexibility index (Phi) is 4.22. The van der Waals surface area contributed by atoms with Crippen LogP contribution >= 0.6 is 11.3 Å². The van der Waals surface area contributed by atoms with Crippen molar-refractivity contribution in [2.24, 2.45) is 0 Å². The van der Waals surface area contributed by atoms with E-state index in [1.165, 1.54) is 4.88 Å². The standard InChI is InChI=1S/C16H18N2O2S/c19-14-10-11-4-1-2-6-13(11)15(14)18-16(20)17-8-7-12-5-3-9-21-12/h1-6,9,14-15,19H,7-8,10H2,(H2,17,18,20)/t14-,15+/m0/s1. The molecular formula is C16H18N2O2S. The summed E-state index contributed by atoms with van der Waals surface area (Å²) in [4.78, 5) is 13.2. The summed E-state index contributed by atoms with van der Waals surface area (Å²) in [5, 5.41) is 17.8. The number of hydrogen-bond acceptors (Lipinski definition) is 3. The lowest BCUT2D eigenvalue weighted by Crippen LogP contribution is -2.41. The highest BCUT2D eigenvalue weighted by atomic mass is 32.1. The van der Waals surface area contributed by atoms with Gasteiger partial charge in [0.15, 0.2) is 0 Å². The number of rotatable bonds is 4. The summed E-state index contributed by atoms with van der Waals surface area (Å²) in [5.41, 5.74) is 2.12. The van der Waals surface area contributed by atoms with E-state index in [1.54, 1.807) is 11.3 Å². The summed E-state index contributed by atoms with van der Waals surface area (Å²) in [6, 6.07) is 11.4. The van der Waals surface area contributed by atoms with Crippen LogP contribution in [0.15, 0.2) is 41.8 Å². The third kappa shape index (κ3) is 3.25. The lowest BCUT2D eigenvalue weighted by Gasteiger charge is -2.18. The second kappa shape index (κ2) is 6.28. The van der Waals surface area contributed by atoms with Gasteiger partial charge in [0, 0.05) is 17.8 Å². The lowest BCUT2D eigenvalue weighted by atomic mass is 10.1. The molecule has 2 amide bonds. The first-order valence-corrected chi connectivity index (χ1v) is 7.94. The maximum Gasteiger partial charge on any atom is 0.315 e. The molecule has 5 heteroatoms. The Labute approximate surface area is 127 Å². The van der Waals surface area contributed by atoms with Crippen molar-refractivity contribution in [2.45, 2.75) is 25.0 Å². The van der Waals surface area contributed by atoms with Crippen molar-refractivity contribution in [1.82, 2.24) is 10.6 Å². The average Bonchev–Trinajstić information content (AvgIpc) is 3.08. The average molecular weight is 302 g/mol. The fourth-order valence-electron chi connectivity index (χ4n) is 2.69. The number of carbonyl (C=O) groups excluding carboxylic acids is 1. The van der Waals surface area contributed by atoms with E-state index in [9.17, 15) is 9.90 Å². The molecule has 1 aromatic heterocycles.